The SMILES string of the molecule is Cc1cc(CNC(C)(C)C)cc(C)c1OCC1CCCC1. The van der Waals surface area contributed by atoms with Crippen LogP contribution in [0.5, 0.6) is 5.75 Å². The highest BCUT2D eigenvalue weighted by Gasteiger charge is 2.17. The molecule has 1 aromatic rings. The molecule has 1 fully saturated rings. The quantitative estimate of drug-likeness (QED) is 0.843. The molecule has 0 spiro atoms. The van der Waals surface area contributed by atoms with E-state index in [4.69, 9.17) is 4.74 Å². The Balaban J connectivity index is 1.99. The average molecular weight is 289 g/mol. The summed E-state index contributed by atoms with van der Waals surface area (Å²) in [5, 5.41) is 3.55. The molecule has 1 aliphatic carbocycles. The maximum absolute atomic E-state index is 6.13. The highest BCUT2D eigenvalue weighted by molar-refractivity contribution is 5.43. The standard InChI is InChI=1S/C19H31NO/c1-14-10-17(12-20-19(3,4)5)11-15(2)18(14)21-13-16-8-6-7-9-16/h10-11,16,20H,6-9,12-13H2,1-5H3. The van der Waals surface area contributed by atoms with Gasteiger partial charge in [0.25, 0.3) is 0 Å². The molecular formula is C19H31NO. The second-order valence-corrected chi connectivity index (χ2v) is 7.62. The van der Waals surface area contributed by atoms with Crippen molar-refractivity contribution in [2.45, 2.75) is 72.4 Å². The fourth-order valence-corrected chi connectivity index (χ4v) is 3.12. The molecule has 0 radical (unpaired) electrons. The molecular weight excluding hydrogens is 258 g/mol. The largest absolute Gasteiger partial charge is 0.493 e. The lowest BCUT2D eigenvalue weighted by molar-refractivity contribution is 0.249. The van der Waals surface area contributed by atoms with Gasteiger partial charge in [0.15, 0.2) is 0 Å². The van der Waals surface area contributed by atoms with E-state index in [1.54, 1.807) is 0 Å². The summed E-state index contributed by atoms with van der Waals surface area (Å²) < 4.78 is 6.13. The summed E-state index contributed by atoms with van der Waals surface area (Å²) in [6, 6.07) is 4.52. The van der Waals surface area contributed by atoms with Crippen LogP contribution in [0.4, 0.5) is 0 Å². The topological polar surface area (TPSA) is 21.3 Å². The van der Waals surface area contributed by atoms with Crippen LogP contribution >= 0.6 is 0 Å². The summed E-state index contributed by atoms with van der Waals surface area (Å²) >= 11 is 0. The van der Waals surface area contributed by atoms with E-state index in [0.29, 0.717) is 0 Å². The summed E-state index contributed by atoms with van der Waals surface area (Å²) in [7, 11) is 0. The van der Waals surface area contributed by atoms with Crippen LogP contribution in [0.25, 0.3) is 0 Å². The maximum atomic E-state index is 6.13. The van der Waals surface area contributed by atoms with E-state index in [1.807, 2.05) is 0 Å². The molecule has 2 heteroatoms. The van der Waals surface area contributed by atoms with E-state index >= 15 is 0 Å². The highest BCUT2D eigenvalue weighted by atomic mass is 16.5. The number of benzene rings is 1. The Morgan fingerprint density at radius 2 is 1.67 bits per heavy atom. The van der Waals surface area contributed by atoms with Crippen molar-refractivity contribution in [2.24, 2.45) is 5.92 Å². The molecule has 2 nitrogen and oxygen atoms in total. The van der Waals surface area contributed by atoms with Crippen molar-refractivity contribution in [1.82, 2.24) is 5.32 Å². The summed E-state index contributed by atoms with van der Waals surface area (Å²) in [4.78, 5) is 0. The van der Waals surface area contributed by atoms with Crippen LogP contribution < -0.4 is 10.1 Å². The summed E-state index contributed by atoms with van der Waals surface area (Å²) in [6.07, 6.45) is 5.43. The molecule has 1 N–H and O–H groups in total. The molecule has 0 heterocycles. The summed E-state index contributed by atoms with van der Waals surface area (Å²) in [5.74, 6) is 1.87. The van der Waals surface area contributed by atoms with Gasteiger partial charge in [0.05, 0.1) is 6.61 Å². The second-order valence-electron chi connectivity index (χ2n) is 7.62. The Bertz CT molecular complexity index is 444. The predicted molar refractivity (Wildman–Crippen MR) is 90.0 cm³/mol. The normalized spacial score (nSPS) is 16.4. The molecule has 0 atom stereocenters. The Hall–Kier alpha value is -1.02. The minimum absolute atomic E-state index is 0.152. The molecule has 0 bridgehead atoms. The minimum Gasteiger partial charge on any atom is -0.493 e. The van der Waals surface area contributed by atoms with E-state index < -0.39 is 0 Å². The van der Waals surface area contributed by atoms with Crippen LogP contribution in [-0.4, -0.2) is 12.1 Å². The zero-order chi connectivity index (χ0) is 15.5. The minimum atomic E-state index is 0.152. The van der Waals surface area contributed by atoms with E-state index in [9.17, 15) is 0 Å². The first-order chi connectivity index (χ1) is 9.85. The molecule has 1 aromatic carbocycles. The van der Waals surface area contributed by atoms with Crippen LogP contribution in [0.2, 0.25) is 0 Å². The monoisotopic (exact) mass is 289 g/mol. The zero-order valence-corrected chi connectivity index (χ0v) is 14.4. The van der Waals surface area contributed by atoms with Crippen LogP contribution in [0.15, 0.2) is 12.1 Å². The van der Waals surface area contributed by atoms with Gasteiger partial charge in [-0.2, -0.15) is 0 Å². The lowest BCUT2D eigenvalue weighted by atomic mass is 10.0. The van der Waals surface area contributed by atoms with Gasteiger partial charge in [-0.25, -0.2) is 0 Å². The van der Waals surface area contributed by atoms with E-state index in [0.717, 1.165) is 24.8 Å². The van der Waals surface area contributed by atoms with Gasteiger partial charge in [0.1, 0.15) is 5.75 Å². The third-order valence-electron chi connectivity index (χ3n) is 4.28. The second kappa shape index (κ2) is 6.83. The molecule has 0 aliphatic heterocycles. The fraction of sp³-hybridized carbons (Fsp3) is 0.684. The molecule has 118 valence electrons. The van der Waals surface area contributed by atoms with Gasteiger partial charge < -0.3 is 10.1 Å². The highest BCUT2D eigenvalue weighted by Crippen LogP contribution is 2.29. The van der Waals surface area contributed by atoms with Crippen molar-refractivity contribution < 1.29 is 4.74 Å². The van der Waals surface area contributed by atoms with Gasteiger partial charge in [-0.1, -0.05) is 25.0 Å². The zero-order valence-electron chi connectivity index (χ0n) is 14.4. The van der Waals surface area contributed by atoms with Gasteiger partial charge in [-0.15, -0.1) is 0 Å². The van der Waals surface area contributed by atoms with E-state index in [-0.39, 0.29) is 5.54 Å². The molecule has 1 saturated carbocycles. The molecule has 0 aromatic heterocycles. The lowest BCUT2D eigenvalue weighted by Gasteiger charge is -2.22. The molecule has 2 rings (SSSR count). The first-order valence-electron chi connectivity index (χ1n) is 8.33. The Labute approximate surface area is 130 Å². The van der Waals surface area contributed by atoms with Crippen LogP contribution in [0.3, 0.4) is 0 Å². The van der Waals surface area contributed by atoms with Gasteiger partial charge in [-0.3, -0.25) is 0 Å². The van der Waals surface area contributed by atoms with E-state index in [1.165, 1.54) is 42.4 Å². The van der Waals surface area contributed by atoms with Crippen molar-refractivity contribution >= 4 is 0 Å². The fourth-order valence-electron chi connectivity index (χ4n) is 3.12. The third-order valence-corrected chi connectivity index (χ3v) is 4.28. The van der Waals surface area contributed by atoms with Crippen molar-refractivity contribution in [1.29, 1.82) is 0 Å². The first-order valence-corrected chi connectivity index (χ1v) is 8.33. The smallest absolute Gasteiger partial charge is 0.125 e. The van der Waals surface area contributed by atoms with Gasteiger partial charge in [0.2, 0.25) is 0 Å². The molecule has 21 heavy (non-hydrogen) atoms. The van der Waals surface area contributed by atoms with Crippen molar-refractivity contribution in [2.75, 3.05) is 6.61 Å². The average Bonchev–Trinajstić information content (AvgIpc) is 2.87. The number of aryl methyl sites for hydroxylation is 2. The van der Waals surface area contributed by atoms with Crippen molar-refractivity contribution in [3.8, 4) is 5.75 Å². The number of ether oxygens (including phenoxy) is 1. The summed E-state index contributed by atoms with van der Waals surface area (Å²) in [6.45, 7) is 12.7. The third kappa shape index (κ3) is 5.03. The predicted octanol–water partition coefficient (Wildman–Crippen LogP) is 4.76. The lowest BCUT2D eigenvalue weighted by Crippen LogP contribution is -2.35. The van der Waals surface area contributed by atoms with Gasteiger partial charge >= 0.3 is 0 Å². The maximum Gasteiger partial charge on any atom is 0.125 e. The number of rotatable bonds is 5. The number of hydrogen-bond donors (Lipinski definition) is 1. The van der Waals surface area contributed by atoms with Crippen molar-refractivity contribution in [3.05, 3.63) is 28.8 Å². The number of hydrogen-bond acceptors (Lipinski definition) is 2. The Kier molecular flexibility index (Phi) is 5.32. The molecule has 1 aliphatic rings. The van der Waals surface area contributed by atoms with Gasteiger partial charge in [0, 0.05) is 12.1 Å². The number of nitrogens with one attached hydrogen (secondary N) is 1. The molecule has 0 unspecified atom stereocenters. The first kappa shape index (κ1) is 16.4. The van der Waals surface area contributed by atoms with Gasteiger partial charge in [-0.05, 0) is 70.1 Å². The van der Waals surface area contributed by atoms with Crippen LogP contribution in [0.1, 0.15) is 63.1 Å². The molecule has 0 amide bonds. The van der Waals surface area contributed by atoms with Crippen molar-refractivity contribution in [3.63, 3.8) is 0 Å². The van der Waals surface area contributed by atoms with Crippen LogP contribution in [0, 0.1) is 19.8 Å². The van der Waals surface area contributed by atoms with Crippen LogP contribution in [-0.2, 0) is 6.54 Å². The van der Waals surface area contributed by atoms with E-state index in [2.05, 4.69) is 52.1 Å². The summed E-state index contributed by atoms with van der Waals surface area (Å²) in [5.41, 5.74) is 4.02. The Morgan fingerprint density at radius 3 is 2.19 bits per heavy atom. The molecule has 0 saturated heterocycles. The Morgan fingerprint density at radius 1 is 1.10 bits per heavy atom.